The number of aromatic hydroxyl groups is 3. The first-order chi connectivity index (χ1) is 35.8. The highest BCUT2D eigenvalue weighted by Crippen LogP contribution is 2.55. The summed E-state index contributed by atoms with van der Waals surface area (Å²) in [5.74, 6) is -10.6. The van der Waals surface area contributed by atoms with E-state index in [-0.39, 0.29) is 86.4 Å². The number of carboxylic acid groups (broad SMARTS) is 1. The van der Waals surface area contributed by atoms with Gasteiger partial charge in [-0.1, -0.05) is 43.7 Å². The Balaban J connectivity index is 1.19. The highest BCUT2D eigenvalue weighted by atomic mass is 35.5. The number of phenolic OH excluding ortho intramolecular Hbond substituents is 3. The van der Waals surface area contributed by atoms with Crippen LogP contribution in [0, 0.1) is 24.6 Å². The molecule has 408 valence electrons. The van der Waals surface area contributed by atoms with Crippen LogP contribution in [0.25, 0.3) is 21.7 Å². The molecule has 1 amide bonds. The zero-order valence-corrected chi connectivity index (χ0v) is 43.5. The predicted octanol–water partition coefficient (Wildman–Crippen LogP) is 4.65. The van der Waals surface area contributed by atoms with E-state index in [2.05, 4.69) is 10.6 Å². The van der Waals surface area contributed by atoms with Gasteiger partial charge in [0.25, 0.3) is 11.7 Å². The van der Waals surface area contributed by atoms with E-state index in [9.17, 15) is 54.6 Å². The molecule has 5 heterocycles. The number of aliphatic hydroxyl groups is 2. The number of nitrogens with two attached hydrogens (primary N) is 2. The van der Waals surface area contributed by atoms with Gasteiger partial charge in [-0.25, -0.2) is 9.18 Å². The van der Waals surface area contributed by atoms with Crippen LogP contribution in [-0.4, -0.2) is 127 Å². The lowest BCUT2D eigenvalue weighted by molar-refractivity contribution is -0.155. The summed E-state index contributed by atoms with van der Waals surface area (Å²) in [7, 11) is 1.34. The number of phenols is 3. The monoisotopic (exact) mass is 1080 g/mol. The number of nitrogens with one attached hydrogen (secondary N) is 2. The van der Waals surface area contributed by atoms with Gasteiger partial charge in [-0.2, -0.15) is 0 Å². The Morgan fingerprint density at radius 3 is 2.36 bits per heavy atom. The number of amides is 1. The zero-order valence-electron chi connectivity index (χ0n) is 42.7. The van der Waals surface area contributed by atoms with Crippen molar-refractivity contribution < 1.29 is 73.2 Å². The van der Waals surface area contributed by atoms with E-state index >= 15 is 4.39 Å². The fourth-order valence-electron chi connectivity index (χ4n) is 10.3. The molecule has 1 aromatic heterocycles. The van der Waals surface area contributed by atoms with Gasteiger partial charge in [0.1, 0.15) is 34.7 Å². The summed E-state index contributed by atoms with van der Waals surface area (Å²) >= 11 is 6.95. The van der Waals surface area contributed by atoms with E-state index in [1.165, 1.54) is 58.4 Å². The van der Waals surface area contributed by atoms with Gasteiger partial charge in [0.05, 0.1) is 74.9 Å². The number of halogens is 2. The van der Waals surface area contributed by atoms with Crippen molar-refractivity contribution in [3.05, 3.63) is 91.7 Å². The maximum atomic E-state index is 16.2. The average Bonchev–Trinajstić information content (AvgIpc) is 4.14. The average molecular weight is 1080 g/mol. The van der Waals surface area contributed by atoms with Crippen molar-refractivity contribution >= 4 is 68.3 Å². The van der Waals surface area contributed by atoms with Crippen molar-refractivity contribution in [1.29, 1.82) is 0 Å². The zero-order chi connectivity index (χ0) is 55.6. The van der Waals surface area contributed by atoms with Crippen LogP contribution in [0.3, 0.4) is 0 Å². The van der Waals surface area contributed by atoms with Crippen LogP contribution in [0.4, 0.5) is 15.8 Å². The number of Topliss-reactive ketones (excluding diaryl/α,β-unsaturated/α-hetero) is 1. The predicted molar refractivity (Wildman–Crippen MR) is 277 cm³/mol. The van der Waals surface area contributed by atoms with Crippen LogP contribution in [0.5, 0.6) is 23.0 Å². The topological polar surface area (TPSA) is 328 Å². The normalized spacial score (nSPS) is 28.6. The third kappa shape index (κ3) is 9.93. The number of ether oxygens (including phenoxy) is 4. The molecule has 4 aromatic rings. The number of fused-ring (bicyclic) bond motifs is 15. The number of nitrogens with zero attached hydrogens (tertiary/aromatic N) is 2. The maximum absolute atomic E-state index is 16.2. The molecule has 1 unspecified atom stereocenters. The molecule has 1 saturated heterocycles. The highest BCUT2D eigenvalue weighted by molar-refractivity contribution is 6.38. The molecule has 10 atom stereocenters. The molecule has 76 heavy (non-hydrogen) atoms. The molecule has 2 fully saturated rings. The number of aromatic nitrogens is 1. The van der Waals surface area contributed by atoms with Gasteiger partial charge in [-0.15, -0.1) is 0 Å². The van der Waals surface area contributed by atoms with Crippen LogP contribution >= 0.6 is 11.6 Å². The fraction of sp³-hybridized carbons (Fsp3) is 0.453. The van der Waals surface area contributed by atoms with E-state index < -0.39 is 123 Å². The van der Waals surface area contributed by atoms with Crippen LogP contribution in [0.15, 0.2) is 53.2 Å². The standard InChI is InChI=1S/C53H62ClFN6O15/c1-21-9-8-10-22(2)51(70)59-39-29(18-58-26-13-15-60(19-26)41-31(55)17-28-40(36(41)54)61(27-11-12-27)20-30(44(28)65)52(71)72)45(66)33-34(46(39)67)43(64)24(4)48-35(33)50(69)53(6,76-48)74-16-14-32(73-7)23(3)49(75-25(5)62)38(57)47(68)37(56)42(21)63/h8-10,14,16-17,20-21,23,26-27,32,37-38,42,47,49,58,63-64,66-68H,11-13,15,18-19,56-57H2,1-7H3,(H,59,70)(H,71,72)/b9-8+,16-14?,22-10-/t21-,23+,26?,32-,37+,38+,42-,47+,49+,53-/m0/s1. The summed E-state index contributed by atoms with van der Waals surface area (Å²) in [4.78, 5) is 68.0. The van der Waals surface area contributed by atoms with Crippen molar-refractivity contribution in [3.63, 3.8) is 0 Å². The number of aliphatic hydroxyl groups excluding tert-OH is 2. The molecule has 0 radical (unpaired) electrons. The molecule has 1 aliphatic carbocycles. The number of rotatable bonds is 8. The Kier molecular flexibility index (Phi) is 15.6. The number of aromatic carboxylic acids is 1. The number of hydrogen-bond acceptors (Lipinski definition) is 18. The number of pyridine rings is 1. The first-order valence-electron chi connectivity index (χ1n) is 24.7. The quantitative estimate of drug-likeness (QED) is 0.0652. The SMILES string of the molecule is CO[C@H]1C=CO[C@@]2(C)Oc3c(C)c(O)c4c(O)c(c(CNC5CCN(c6c(F)cc7c(=O)c(C(=O)O)cn(C8CC8)c7c6Cl)C5)c(O)c4c3C2=O)NC(=O)/C(C)=C\C=C\[C@H](C)[C@H](O)[C@@H](N)[C@@H](O)[C@@H](N)[C@H](OC(C)=O)[C@@H]1C. The number of ketones is 1. The lowest BCUT2D eigenvalue weighted by atomic mass is 9.84. The lowest BCUT2D eigenvalue weighted by Gasteiger charge is -2.37. The minimum atomic E-state index is -2.18. The fourth-order valence-corrected chi connectivity index (χ4v) is 10.8. The van der Waals surface area contributed by atoms with Crippen LogP contribution < -0.4 is 37.2 Å². The van der Waals surface area contributed by atoms with Gasteiger partial charge < -0.3 is 81.2 Å². The number of carbonyl (C=O) groups is 4. The molecule has 12 N–H and O–H groups in total. The Bertz CT molecular complexity index is 3210. The lowest BCUT2D eigenvalue weighted by Crippen LogP contribution is -2.60. The second kappa shape index (κ2) is 21.3. The van der Waals surface area contributed by atoms with E-state index in [1.807, 2.05) is 0 Å². The molecule has 0 spiro atoms. The first-order valence-corrected chi connectivity index (χ1v) is 25.1. The molecule has 3 aromatic carbocycles. The summed E-state index contributed by atoms with van der Waals surface area (Å²) in [5.41, 5.74) is 10.9. The van der Waals surface area contributed by atoms with E-state index in [0.29, 0.717) is 19.3 Å². The van der Waals surface area contributed by atoms with Crippen molar-refractivity contribution in [2.45, 2.75) is 122 Å². The minimum absolute atomic E-state index is 0.0129. The summed E-state index contributed by atoms with van der Waals surface area (Å²) in [6, 6.07) is -2.37. The smallest absolute Gasteiger partial charge is 0.341 e. The molecule has 5 aliphatic rings. The van der Waals surface area contributed by atoms with Gasteiger partial charge in [0.15, 0.2) is 5.75 Å². The largest absolute Gasteiger partial charge is 0.507 e. The number of benzene rings is 3. The van der Waals surface area contributed by atoms with Gasteiger partial charge >= 0.3 is 17.7 Å². The van der Waals surface area contributed by atoms with Gasteiger partial charge in [0.2, 0.25) is 5.43 Å². The Morgan fingerprint density at radius 1 is 1.01 bits per heavy atom. The molecule has 4 aliphatic heterocycles. The summed E-state index contributed by atoms with van der Waals surface area (Å²) in [5, 5.41) is 73.8. The molecule has 5 bridgehead atoms. The summed E-state index contributed by atoms with van der Waals surface area (Å²) < 4.78 is 41.2. The number of carboxylic acids is 1. The Hall–Kier alpha value is -6.79. The van der Waals surface area contributed by atoms with Crippen LogP contribution in [0.1, 0.15) is 91.8 Å². The molecule has 21 nitrogen and oxygen atoms in total. The number of carbonyl (C=O) groups excluding carboxylic acids is 3. The Labute approximate surface area is 440 Å². The Morgan fingerprint density at radius 2 is 1.71 bits per heavy atom. The molecular formula is C53H62ClFN6O15. The number of methoxy groups -OCH3 is 1. The van der Waals surface area contributed by atoms with Crippen molar-refractivity contribution in [3.8, 4) is 23.0 Å². The molecule has 9 rings (SSSR count). The van der Waals surface area contributed by atoms with Gasteiger partial charge in [0, 0.05) is 92.8 Å². The number of allylic oxidation sites excluding steroid dienone is 2. The van der Waals surface area contributed by atoms with E-state index in [0.717, 1.165) is 19.3 Å². The number of esters is 1. The van der Waals surface area contributed by atoms with Crippen LogP contribution in [0.2, 0.25) is 5.02 Å². The summed E-state index contributed by atoms with van der Waals surface area (Å²) in [6.07, 6.45) is 4.56. The molecular weight excluding hydrogens is 1020 g/mol. The summed E-state index contributed by atoms with van der Waals surface area (Å²) in [6.45, 7) is 8.53. The maximum Gasteiger partial charge on any atom is 0.341 e. The second-order valence-electron chi connectivity index (χ2n) is 20.2. The molecule has 23 heteroatoms. The van der Waals surface area contributed by atoms with Gasteiger partial charge in [-0.05, 0) is 45.3 Å². The van der Waals surface area contributed by atoms with Crippen molar-refractivity contribution in [1.82, 2.24) is 9.88 Å². The number of anilines is 2. The minimum Gasteiger partial charge on any atom is -0.507 e. The third-order valence-corrected chi connectivity index (χ3v) is 15.3. The van der Waals surface area contributed by atoms with Crippen LogP contribution in [-0.2, 0) is 30.3 Å². The van der Waals surface area contributed by atoms with Crippen molar-refractivity contribution in [2.75, 3.05) is 30.4 Å². The highest BCUT2D eigenvalue weighted by Gasteiger charge is 2.50. The third-order valence-electron chi connectivity index (χ3n) is 15.0. The van der Waals surface area contributed by atoms with E-state index in [1.54, 1.807) is 23.3 Å². The number of hydrogen-bond donors (Lipinski definition) is 10. The van der Waals surface area contributed by atoms with E-state index in [4.69, 9.17) is 42.0 Å². The van der Waals surface area contributed by atoms with Crippen molar-refractivity contribution in [2.24, 2.45) is 23.3 Å². The first kappa shape index (κ1) is 55.4. The second-order valence-corrected chi connectivity index (χ2v) is 20.5. The van der Waals surface area contributed by atoms with Gasteiger partial charge in [-0.3, -0.25) is 19.2 Å². The molecule has 1 saturated carbocycles.